The molecule has 0 aromatic carbocycles. The van der Waals surface area contributed by atoms with Crippen LogP contribution in [0.3, 0.4) is 0 Å². The van der Waals surface area contributed by atoms with Crippen molar-refractivity contribution in [1.29, 1.82) is 0 Å². The Hall–Kier alpha value is -2.82. The van der Waals surface area contributed by atoms with Crippen LogP contribution in [-0.4, -0.2) is 27.4 Å². The lowest BCUT2D eigenvalue weighted by molar-refractivity contribution is -0.117. The highest BCUT2D eigenvalue weighted by Crippen LogP contribution is 2.24. The molecular weight excluding hydrogens is 348 g/mol. The van der Waals surface area contributed by atoms with E-state index in [0.29, 0.717) is 12.3 Å². The van der Waals surface area contributed by atoms with E-state index in [1.54, 1.807) is 0 Å². The van der Waals surface area contributed by atoms with Gasteiger partial charge in [0.25, 0.3) is 0 Å². The van der Waals surface area contributed by atoms with Crippen LogP contribution < -0.4 is 4.90 Å². The first kappa shape index (κ1) is 18.5. The summed E-state index contributed by atoms with van der Waals surface area (Å²) in [6.45, 7) is 7.24. The lowest BCUT2D eigenvalue weighted by Gasteiger charge is -2.17. The summed E-state index contributed by atoms with van der Waals surface area (Å²) in [7, 11) is 0. The number of hydrogen-bond acceptors (Lipinski definition) is 4. The molecule has 0 radical (unpaired) electrons. The van der Waals surface area contributed by atoms with Gasteiger partial charge in [0, 0.05) is 41.4 Å². The third-order valence-corrected chi connectivity index (χ3v) is 5.40. The molecule has 0 bridgehead atoms. The van der Waals surface area contributed by atoms with E-state index in [1.807, 2.05) is 23.2 Å². The van der Waals surface area contributed by atoms with Gasteiger partial charge in [0.2, 0.25) is 5.91 Å². The van der Waals surface area contributed by atoms with Gasteiger partial charge in [-0.15, -0.1) is 0 Å². The fraction of sp³-hybridized carbons (Fsp3) is 0.391. The summed E-state index contributed by atoms with van der Waals surface area (Å²) in [5.41, 5.74) is 4.81. The third-order valence-electron chi connectivity index (χ3n) is 5.40. The fourth-order valence-corrected chi connectivity index (χ4v) is 3.68. The summed E-state index contributed by atoms with van der Waals surface area (Å²) in [5, 5.41) is 1.07. The van der Waals surface area contributed by atoms with Crippen molar-refractivity contribution in [2.75, 3.05) is 11.4 Å². The molecule has 0 aliphatic carbocycles. The van der Waals surface area contributed by atoms with Gasteiger partial charge in [0.1, 0.15) is 0 Å². The minimum absolute atomic E-state index is 0.191. The predicted octanol–water partition coefficient (Wildman–Crippen LogP) is 4.62. The van der Waals surface area contributed by atoms with E-state index in [-0.39, 0.29) is 11.8 Å². The number of carbonyl (C=O) groups excluding carboxylic acids is 1. The normalized spacial score (nSPS) is 15.6. The number of fused-ring (bicyclic) bond motifs is 1. The molecule has 0 N–H and O–H groups in total. The van der Waals surface area contributed by atoms with Crippen LogP contribution in [0.25, 0.3) is 11.0 Å². The average Bonchev–Trinajstić information content (AvgIpc) is 3.13. The van der Waals surface area contributed by atoms with Gasteiger partial charge in [-0.05, 0) is 55.2 Å². The number of anilines is 1. The maximum Gasteiger partial charge on any atom is 0.227 e. The van der Waals surface area contributed by atoms with Crippen LogP contribution in [0.5, 0.6) is 0 Å². The van der Waals surface area contributed by atoms with E-state index >= 15 is 0 Å². The van der Waals surface area contributed by atoms with Gasteiger partial charge < -0.3 is 4.90 Å². The Balaban J connectivity index is 1.51. The zero-order chi connectivity index (χ0) is 19.7. The lowest BCUT2D eigenvalue weighted by atomic mass is 10.00. The monoisotopic (exact) mass is 374 g/mol. The van der Waals surface area contributed by atoms with Crippen LogP contribution in [0.2, 0.25) is 0 Å². The fourth-order valence-electron chi connectivity index (χ4n) is 3.68. The van der Waals surface area contributed by atoms with Crippen molar-refractivity contribution in [2.45, 2.75) is 51.9 Å². The van der Waals surface area contributed by atoms with E-state index < -0.39 is 0 Å². The minimum atomic E-state index is 0.191. The Kier molecular flexibility index (Phi) is 5.07. The van der Waals surface area contributed by atoms with Gasteiger partial charge in [-0.3, -0.25) is 9.78 Å². The predicted molar refractivity (Wildman–Crippen MR) is 112 cm³/mol. The van der Waals surface area contributed by atoms with Gasteiger partial charge in [-0.25, -0.2) is 9.97 Å². The maximum absolute atomic E-state index is 11.9. The molecule has 5 heteroatoms. The standard InChI is InChI=1S/C23H26N4O/c1-15(2)20-10-7-17-6-8-18(25-23(17)26-20)13-16(3)21-11-9-19(14-24-21)27-12-4-5-22(27)28/h6-11,14-16H,4-5,12-13H2,1-3H3/t16-/m0/s1. The van der Waals surface area contributed by atoms with Crippen molar-refractivity contribution in [3.8, 4) is 0 Å². The Morgan fingerprint density at radius 2 is 1.79 bits per heavy atom. The second-order valence-corrected chi connectivity index (χ2v) is 7.94. The van der Waals surface area contributed by atoms with Crippen molar-refractivity contribution in [3.05, 3.63) is 59.7 Å². The molecular formula is C23H26N4O. The summed E-state index contributed by atoms with van der Waals surface area (Å²) in [5.74, 6) is 0.816. The Morgan fingerprint density at radius 3 is 2.46 bits per heavy atom. The Bertz CT molecular complexity index is 997. The SMILES string of the molecule is CC(C)c1ccc2ccc(C[C@H](C)c3ccc(N4CCCC4=O)cn3)nc2n1. The molecule has 0 unspecified atom stereocenters. The molecule has 1 saturated heterocycles. The van der Waals surface area contributed by atoms with Gasteiger partial charge in [0.05, 0.1) is 11.9 Å². The molecule has 0 spiro atoms. The van der Waals surface area contributed by atoms with E-state index in [1.165, 1.54) is 0 Å². The summed E-state index contributed by atoms with van der Waals surface area (Å²) >= 11 is 0. The number of aromatic nitrogens is 3. The average molecular weight is 374 g/mol. The highest BCUT2D eigenvalue weighted by Gasteiger charge is 2.22. The molecule has 0 saturated carbocycles. The topological polar surface area (TPSA) is 59.0 Å². The second-order valence-electron chi connectivity index (χ2n) is 7.94. The molecule has 1 fully saturated rings. The first-order valence-electron chi connectivity index (χ1n) is 10.0. The Morgan fingerprint density at radius 1 is 1.00 bits per heavy atom. The van der Waals surface area contributed by atoms with Crippen LogP contribution in [-0.2, 0) is 11.2 Å². The number of amides is 1. The molecule has 1 aliphatic heterocycles. The smallest absolute Gasteiger partial charge is 0.227 e. The lowest BCUT2D eigenvalue weighted by Crippen LogP contribution is -2.23. The summed E-state index contributed by atoms with van der Waals surface area (Å²) in [6.07, 6.45) is 4.19. The first-order chi connectivity index (χ1) is 13.5. The number of hydrogen-bond donors (Lipinski definition) is 0. The summed E-state index contributed by atoms with van der Waals surface area (Å²) < 4.78 is 0. The molecule has 28 heavy (non-hydrogen) atoms. The van der Waals surface area contributed by atoms with Crippen LogP contribution in [0, 0.1) is 0 Å². The zero-order valence-electron chi connectivity index (χ0n) is 16.7. The number of pyridine rings is 3. The van der Waals surface area contributed by atoms with E-state index in [4.69, 9.17) is 9.97 Å². The molecule has 4 heterocycles. The summed E-state index contributed by atoms with van der Waals surface area (Å²) in [6, 6.07) is 12.4. The quantitative estimate of drug-likeness (QED) is 0.654. The third kappa shape index (κ3) is 3.75. The van der Waals surface area contributed by atoms with Gasteiger partial charge in [-0.1, -0.05) is 20.8 Å². The van der Waals surface area contributed by atoms with E-state index in [9.17, 15) is 4.79 Å². The number of rotatable bonds is 5. The van der Waals surface area contributed by atoms with Gasteiger partial charge >= 0.3 is 0 Å². The van der Waals surface area contributed by atoms with Crippen molar-refractivity contribution in [1.82, 2.24) is 15.0 Å². The van der Waals surface area contributed by atoms with Crippen molar-refractivity contribution in [2.24, 2.45) is 0 Å². The summed E-state index contributed by atoms with van der Waals surface area (Å²) in [4.78, 5) is 27.8. The molecule has 4 rings (SSSR count). The molecule has 3 aromatic heterocycles. The van der Waals surface area contributed by atoms with Crippen molar-refractivity contribution >= 4 is 22.6 Å². The minimum Gasteiger partial charge on any atom is -0.311 e. The Labute approximate surface area is 165 Å². The molecule has 1 atom stereocenters. The molecule has 1 aliphatic rings. The number of carbonyl (C=O) groups is 1. The van der Waals surface area contributed by atoms with Crippen LogP contribution in [0.1, 0.15) is 62.5 Å². The van der Waals surface area contributed by atoms with E-state index in [2.05, 4.69) is 50.0 Å². The zero-order valence-corrected chi connectivity index (χ0v) is 16.7. The number of nitrogens with zero attached hydrogens (tertiary/aromatic N) is 4. The second kappa shape index (κ2) is 7.66. The van der Waals surface area contributed by atoms with Crippen LogP contribution in [0.4, 0.5) is 5.69 Å². The molecule has 5 nitrogen and oxygen atoms in total. The highest BCUT2D eigenvalue weighted by molar-refractivity contribution is 5.95. The van der Waals surface area contributed by atoms with Crippen molar-refractivity contribution < 1.29 is 4.79 Å². The van der Waals surface area contributed by atoms with Gasteiger partial charge in [0.15, 0.2) is 5.65 Å². The molecule has 3 aromatic rings. The molecule has 144 valence electrons. The van der Waals surface area contributed by atoms with Crippen LogP contribution in [0.15, 0.2) is 42.6 Å². The highest BCUT2D eigenvalue weighted by atomic mass is 16.2. The first-order valence-corrected chi connectivity index (χ1v) is 10.0. The van der Waals surface area contributed by atoms with Crippen molar-refractivity contribution in [3.63, 3.8) is 0 Å². The maximum atomic E-state index is 11.9. The molecule has 1 amide bonds. The van der Waals surface area contributed by atoms with E-state index in [0.717, 1.165) is 53.2 Å². The van der Waals surface area contributed by atoms with Crippen LogP contribution >= 0.6 is 0 Å². The van der Waals surface area contributed by atoms with Gasteiger partial charge in [-0.2, -0.15) is 0 Å². The largest absolute Gasteiger partial charge is 0.311 e.